The number of rotatable bonds is 1. The first-order valence-corrected chi connectivity index (χ1v) is 12.5. The maximum absolute atomic E-state index is 13.2. The number of fused-ring (bicyclic) bond motifs is 3. The van der Waals surface area contributed by atoms with E-state index in [1.54, 1.807) is 0 Å². The number of aryl methyl sites for hydroxylation is 1. The number of carbonyl (C=O) groups excluding carboxylic acids is 1. The van der Waals surface area contributed by atoms with Crippen LogP contribution in [0, 0.1) is 5.41 Å². The van der Waals surface area contributed by atoms with Crippen LogP contribution in [0.3, 0.4) is 0 Å². The first-order chi connectivity index (χ1) is 16.7. The summed E-state index contributed by atoms with van der Waals surface area (Å²) < 4.78 is 0. The van der Waals surface area contributed by atoms with Crippen molar-refractivity contribution in [2.24, 2.45) is 10.4 Å². The van der Waals surface area contributed by atoms with Gasteiger partial charge in [-0.25, -0.2) is 4.98 Å². The minimum absolute atomic E-state index is 0.198. The van der Waals surface area contributed by atoms with Gasteiger partial charge in [-0.15, -0.1) is 0 Å². The summed E-state index contributed by atoms with van der Waals surface area (Å²) in [5.74, 6) is 1.65. The van der Waals surface area contributed by atoms with Gasteiger partial charge in [-0.05, 0) is 62.6 Å². The van der Waals surface area contributed by atoms with Crippen LogP contribution in [0.4, 0.5) is 5.69 Å². The molecule has 170 valence electrons. The molecule has 0 atom stereocenters. The summed E-state index contributed by atoms with van der Waals surface area (Å²) in [5, 5.41) is 0. The van der Waals surface area contributed by atoms with Gasteiger partial charge in [-0.1, -0.05) is 24.3 Å². The van der Waals surface area contributed by atoms with Gasteiger partial charge in [-0.2, -0.15) is 0 Å². The van der Waals surface area contributed by atoms with Crippen molar-refractivity contribution in [3.05, 3.63) is 82.7 Å². The van der Waals surface area contributed by atoms with Crippen LogP contribution in [0.5, 0.6) is 0 Å². The van der Waals surface area contributed by atoms with Crippen molar-refractivity contribution in [2.45, 2.75) is 57.4 Å². The third-order valence-corrected chi connectivity index (χ3v) is 8.30. The van der Waals surface area contributed by atoms with Gasteiger partial charge in [0.15, 0.2) is 11.6 Å². The molecule has 1 spiro atoms. The third kappa shape index (κ3) is 2.97. The molecule has 2 aliphatic heterocycles. The van der Waals surface area contributed by atoms with Gasteiger partial charge in [0.2, 0.25) is 0 Å². The minimum Gasteiger partial charge on any atom is -0.323 e. The Morgan fingerprint density at radius 2 is 1.88 bits per heavy atom. The zero-order valence-electron chi connectivity index (χ0n) is 19.2. The molecule has 0 bridgehead atoms. The molecule has 34 heavy (non-hydrogen) atoms. The van der Waals surface area contributed by atoms with Gasteiger partial charge in [0.05, 0.1) is 29.3 Å². The number of amidine groups is 1. The molecule has 4 aliphatic rings. The van der Waals surface area contributed by atoms with E-state index in [0.717, 1.165) is 91.4 Å². The number of hydrogen-bond donors (Lipinski definition) is 0. The molecule has 1 saturated carbocycles. The highest BCUT2D eigenvalue weighted by atomic mass is 16.1. The Kier molecular flexibility index (Phi) is 4.44. The molecular formula is C28H27N5O. The second kappa shape index (κ2) is 7.55. The van der Waals surface area contributed by atoms with Crippen molar-refractivity contribution >= 4 is 17.3 Å². The summed E-state index contributed by atoms with van der Waals surface area (Å²) in [5.41, 5.74) is 7.20. The number of anilines is 1. The molecular weight excluding hydrogens is 422 g/mol. The van der Waals surface area contributed by atoms with E-state index < -0.39 is 0 Å². The van der Waals surface area contributed by atoms with Crippen LogP contribution < -0.4 is 4.90 Å². The number of aromatic nitrogens is 3. The molecule has 0 saturated heterocycles. The third-order valence-electron chi connectivity index (χ3n) is 8.30. The van der Waals surface area contributed by atoms with Gasteiger partial charge in [0.1, 0.15) is 5.69 Å². The summed E-state index contributed by atoms with van der Waals surface area (Å²) in [6.45, 7) is 1.52. The Balaban J connectivity index is 1.10. The molecule has 2 aliphatic carbocycles. The maximum Gasteiger partial charge on any atom is 0.169 e. The number of nitrogens with zero attached hydrogens (tertiary/aromatic N) is 5. The summed E-state index contributed by atoms with van der Waals surface area (Å²) >= 11 is 0. The smallest absolute Gasteiger partial charge is 0.169 e. The normalized spacial score (nSPS) is 25.2. The molecule has 0 N–H and O–H groups in total. The Morgan fingerprint density at radius 3 is 2.76 bits per heavy atom. The largest absolute Gasteiger partial charge is 0.323 e. The van der Waals surface area contributed by atoms with Crippen molar-refractivity contribution < 1.29 is 4.79 Å². The van der Waals surface area contributed by atoms with Gasteiger partial charge in [-0.3, -0.25) is 19.8 Å². The number of ketones is 1. The molecule has 1 fully saturated rings. The molecule has 7 rings (SSSR count). The van der Waals surface area contributed by atoms with Crippen molar-refractivity contribution in [3.63, 3.8) is 0 Å². The van der Waals surface area contributed by atoms with Gasteiger partial charge in [0.25, 0.3) is 0 Å². The van der Waals surface area contributed by atoms with Crippen molar-refractivity contribution in [1.29, 1.82) is 0 Å². The van der Waals surface area contributed by atoms with Crippen molar-refractivity contribution in [1.82, 2.24) is 15.0 Å². The number of hydrogen-bond acceptors (Lipinski definition) is 6. The van der Waals surface area contributed by atoms with E-state index in [9.17, 15) is 4.79 Å². The number of pyridine rings is 1. The molecule has 0 radical (unpaired) electrons. The zero-order chi connectivity index (χ0) is 22.7. The number of carbonyl (C=O) groups is 1. The van der Waals surface area contributed by atoms with E-state index in [0.29, 0.717) is 18.2 Å². The van der Waals surface area contributed by atoms with E-state index in [-0.39, 0.29) is 5.41 Å². The SMILES string of the molecule is O=C1c2ccccc2CC12CCC(c1cnc3c(n1)CN=C3N1CCCc3ncccc31)CC2. The first-order valence-electron chi connectivity index (χ1n) is 12.5. The Morgan fingerprint density at radius 1 is 1.00 bits per heavy atom. The minimum atomic E-state index is -0.198. The maximum atomic E-state index is 13.2. The average Bonchev–Trinajstić information content (AvgIpc) is 3.43. The van der Waals surface area contributed by atoms with Crippen LogP contribution in [0.15, 0.2) is 53.8 Å². The quantitative estimate of drug-likeness (QED) is 0.540. The lowest BCUT2D eigenvalue weighted by Crippen LogP contribution is -2.36. The van der Waals surface area contributed by atoms with Gasteiger partial charge >= 0.3 is 0 Å². The highest BCUT2D eigenvalue weighted by Gasteiger charge is 2.47. The van der Waals surface area contributed by atoms with E-state index in [4.69, 9.17) is 15.0 Å². The van der Waals surface area contributed by atoms with Crippen LogP contribution in [0.1, 0.15) is 76.7 Å². The highest BCUT2D eigenvalue weighted by Crippen LogP contribution is 2.50. The van der Waals surface area contributed by atoms with Crippen LogP contribution in [0.2, 0.25) is 0 Å². The fourth-order valence-electron chi connectivity index (χ4n) is 6.48. The van der Waals surface area contributed by atoms with Crippen LogP contribution in [0.25, 0.3) is 0 Å². The molecule has 6 nitrogen and oxygen atoms in total. The second-order valence-electron chi connectivity index (χ2n) is 10.2. The average molecular weight is 450 g/mol. The fraction of sp³-hybridized carbons (Fsp3) is 0.393. The summed E-state index contributed by atoms with van der Waals surface area (Å²) in [6.07, 6.45) is 10.6. The summed E-state index contributed by atoms with van der Waals surface area (Å²) in [7, 11) is 0. The molecule has 6 heteroatoms. The number of benzene rings is 1. The summed E-state index contributed by atoms with van der Waals surface area (Å²) in [6, 6.07) is 12.3. The van der Waals surface area contributed by atoms with Crippen molar-refractivity contribution in [2.75, 3.05) is 11.4 Å². The monoisotopic (exact) mass is 449 g/mol. The van der Waals surface area contributed by atoms with Crippen LogP contribution in [-0.4, -0.2) is 33.1 Å². The van der Waals surface area contributed by atoms with E-state index in [1.807, 2.05) is 36.7 Å². The lowest BCUT2D eigenvalue weighted by Gasteiger charge is -2.35. The zero-order valence-corrected chi connectivity index (χ0v) is 19.2. The Bertz CT molecular complexity index is 1340. The van der Waals surface area contributed by atoms with E-state index >= 15 is 0 Å². The lowest BCUT2D eigenvalue weighted by molar-refractivity contribution is 0.0732. The topological polar surface area (TPSA) is 71.3 Å². The highest BCUT2D eigenvalue weighted by molar-refractivity contribution is 6.11. The first kappa shape index (κ1) is 20.0. The Labute approximate surface area is 199 Å². The van der Waals surface area contributed by atoms with Crippen molar-refractivity contribution in [3.8, 4) is 0 Å². The predicted molar refractivity (Wildman–Crippen MR) is 130 cm³/mol. The van der Waals surface area contributed by atoms with Crippen LogP contribution in [-0.2, 0) is 19.4 Å². The number of aliphatic imine (C=N–C) groups is 1. The second-order valence-corrected chi connectivity index (χ2v) is 10.2. The molecule has 4 heterocycles. The Hall–Kier alpha value is -3.41. The van der Waals surface area contributed by atoms with Gasteiger partial charge in [0, 0.05) is 35.8 Å². The molecule has 0 unspecified atom stereocenters. The number of Topliss-reactive ketones (excluding diaryl/α,β-unsaturated/α-hetero) is 1. The molecule has 2 aromatic heterocycles. The fourth-order valence-corrected chi connectivity index (χ4v) is 6.48. The van der Waals surface area contributed by atoms with E-state index in [1.165, 1.54) is 5.56 Å². The lowest BCUT2D eigenvalue weighted by atomic mass is 9.67. The van der Waals surface area contributed by atoms with E-state index in [2.05, 4.69) is 22.0 Å². The van der Waals surface area contributed by atoms with Crippen LogP contribution >= 0.6 is 0 Å². The molecule has 0 amide bonds. The summed E-state index contributed by atoms with van der Waals surface area (Å²) in [4.78, 5) is 34.8. The molecule has 1 aromatic carbocycles. The standard InChI is InChI=1S/C28H27N5O/c34-26-20-6-2-1-5-19(20)15-28(26)11-9-18(10-12-28)22-16-30-25-23(32-22)17-31-27(25)33-14-4-7-21-24(33)8-3-13-29-21/h1-3,5-6,8,13,16,18H,4,7,9-12,14-15,17H2. The predicted octanol–water partition coefficient (Wildman–Crippen LogP) is 4.67. The molecule has 3 aromatic rings. The van der Waals surface area contributed by atoms with Gasteiger partial charge < -0.3 is 4.90 Å².